The molecule has 0 aromatic heterocycles. The molecule has 1 fully saturated rings. The van der Waals surface area contributed by atoms with E-state index < -0.39 is 0 Å². The summed E-state index contributed by atoms with van der Waals surface area (Å²) in [5.74, 6) is 1.40. The molecule has 0 aliphatic heterocycles. The number of aliphatic hydroxyl groups excluding tert-OH is 1. The molecule has 1 nitrogen and oxygen atoms in total. The SMILES string of the molecule is CCC(C)C(c1ccccc1)C(O)C1CCC1. The first-order valence-electron chi connectivity index (χ1n) is 6.97. The van der Waals surface area contributed by atoms with Crippen LogP contribution in [0, 0.1) is 11.8 Å². The number of rotatable bonds is 5. The minimum absolute atomic E-state index is 0.152. The van der Waals surface area contributed by atoms with Gasteiger partial charge in [0.15, 0.2) is 0 Å². The van der Waals surface area contributed by atoms with Crippen LogP contribution in [0.5, 0.6) is 0 Å². The molecule has 1 N–H and O–H groups in total. The molecule has 0 bridgehead atoms. The van der Waals surface area contributed by atoms with Crippen LogP contribution in [-0.2, 0) is 0 Å². The van der Waals surface area contributed by atoms with Gasteiger partial charge in [-0.15, -0.1) is 0 Å². The summed E-state index contributed by atoms with van der Waals surface area (Å²) < 4.78 is 0. The van der Waals surface area contributed by atoms with Crippen LogP contribution in [0.1, 0.15) is 51.0 Å². The average molecular weight is 232 g/mol. The first-order chi connectivity index (χ1) is 8.24. The molecule has 1 aromatic carbocycles. The molecule has 3 unspecified atom stereocenters. The lowest BCUT2D eigenvalue weighted by Crippen LogP contribution is -2.35. The lowest BCUT2D eigenvalue weighted by atomic mass is 9.70. The fraction of sp³-hybridized carbons (Fsp3) is 0.625. The van der Waals surface area contributed by atoms with Crippen molar-refractivity contribution in [1.29, 1.82) is 0 Å². The van der Waals surface area contributed by atoms with E-state index in [9.17, 15) is 5.11 Å². The van der Waals surface area contributed by atoms with Crippen molar-refractivity contribution in [3.63, 3.8) is 0 Å². The van der Waals surface area contributed by atoms with Crippen LogP contribution in [0.2, 0.25) is 0 Å². The Morgan fingerprint density at radius 1 is 1.24 bits per heavy atom. The molecule has 94 valence electrons. The highest BCUT2D eigenvalue weighted by molar-refractivity contribution is 5.22. The van der Waals surface area contributed by atoms with Gasteiger partial charge in [-0.05, 0) is 30.2 Å². The van der Waals surface area contributed by atoms with Gasteiger partial charge in [-0.3, -0.25) is 0 Å². The zero-order chi connectivity index (χ0) is 12.3. The summed E-state index contributed by atoms with van der Waals surface area (Å²) in [4.78, 5) is 0. The summed E-state index contributed by atoms with van der Waals surface area (Å²) in [5, 5.41) is 10.6. The second-order valence-corrected chi connectivity index (χ2v) is 5.50. The summed E-state index contributed by atoms with van der Waals surface area (Å²) >= 11 is 0. The predicted octanol–water partition coefficient (Wildman–Crippen LogP) is 3.98. The van der Waals surface area contributed by atoms with Crippen LogP contribution < -0.4 is 0 Å². The van der Waals surface area contributed by atoms with E-state index in [2.05, 4.69) is 38.1 Å². The number of hydrogen-bond donors (Lipinski definition) is 1. The van der Waals surface area contributed by atoms with Crippen LogP contribution in [0.25, 0.3) is 0 Å². The number of hydrogen-bond acceptors (Lipinski definition) is 1. The molecule has 17 heavy (non-hydrogen) atoms. The molecular weight excluding hydrogens is 208 g/mol. The minimum Gasteiger partial charge on any atom is -0.392 e. The van der Waals surface area contributed by atoms with Gasteiger partial charge in [-0.1, -0.05) is 57.0 Å². The van der Waals surface area contributed by atoms with E-state index in [0.29, 0.717) is 17.8 Å². The van der Waals surface area contributed by atoms with Crippen molar-refractivity contribution in [2.45, 2.75) is 51.6 Å². The highest BCUT2D eigenvalue weighted by Crippen LogP contribution is 2.40. The monoisotopic (exact) mass is 232 g/mol. The lowest BCUT2D eigenvalue weighted by Gasteiger charge is -2.38. The summed E-state index contributed by atoms with van der Waals surface area (Å²) in [6, 6.07) is 10.5. The molecule has 1 aromatic rings. The molecule has 1 aliphatic carbocycles. The van der Waals surface area contributed by atoms with Crippen molar-refractivity contribution < 1.29 is 5.11 Å². The van der Waals surface area contributed by atoms with Crippen molar-refractivity contribution in [3.05, 3.63) is 35.9 Å². The first kappa shape index (κ1) is 12.6. The van der Waals surface area contributed by atoms with Gasteiger partial charge < -0.3 is 5.11 Å². The van der Waals surface area contributed by atoms with E-state index >= 15 is 0 Å². The normalized spacial score (nSPS) is 21.6. The molecule has 3 atom stereocenters. The van der Waals surface area contributed by atoms with Crippen LogP contribution >= 0.6 is 0 Å². The van der Waals surface area contributed by atoms with E-state index in [4.69, 9.17) is 0 Å². The molecular formula is C16H24O. The van der Waals surface area contributed by atoms with E-state index in [1.807, 2.05) is 6.07 Å². The molecule has 1 saturated carbocycles. The fourth-order valence-corrected chi connectivity index (χ4v) is 2.87. The summed E-state index contributed by atoms with van der Waals surface area (Å²) in [6.07, 6.45) is 4.69. The van der Waals surface area contributed by atoms with Gasteiger partial charge >= 0.3 is 0 Å². The molecule has 0 radical (unpaired) electrons. The maximum atomic E-state index is 10.6. The smallest absolute Gasteiger partial charge is 0.0639 e. The van der Waals surface area contributed by atoms with Gasteiger partial charge in [0.2, 0.25) is 0 Å². The fourth-order valence-electron chi connectivity index (χ4n) is 2.87. The quantitative estimate of drug-likeness (QED) is 0.814. The second kappa shape index (κ2) is 5.68. The average Bonchev–Trinajstić information content (AvgIpc) is 2.28. The van der Waals surface area contributed by atoms with Crippen LogP contribution in [0.4, 0.5) is 0 Å². The van der Waals surface area contributed by atoms with Crippen LogP contribution in [0.15, 0.2) is 30.3 Å². The Bertz CT molecular complexity index is 329. The number of aliphatic hydroxyl groups is 1. The summed E-state index contributed by atoms with van der Waals surface area (Å²) in [7, 11) is 0. The lowest BCUT2D eigenvalue weighted by molar-refractivity contribution is 0.0245. The van der Waals surface area contributed by atoms with Crippen LogP contribution in [-0.4, -0.2) is 11.2 Å². The maximum Gasteiger partial charge on any atom is 0.0639 e. The van der Waals surface area contributed by atoms with Gasteiger partial charge in [0.25, 0.3) is 0 Å². The van der Waals surface area contributed by atoms with Crippen molar-refractivity contribution >= 4 is 0 Å². The predicted molar refractivity (Wildman–Crippen MR) is 72.0 cm³/mol. The second-order valence-electron chi connectivity index (χ2n) is 5.50. The third-order valence-electron chi connectivity index (χ3n) is 4.44. The summed E-state index contributed by atoms with van der Waals surface area (Å²) in [6.45, 7) is 4.48. The largest absolute Gasteiger partial charge is 0.392 e. The van der Waals surface area contributed by atoms with E-state index in [-0.39, 0.29) is 6.10 Å². The minimum atomic E-state index is -0.152. The molecule has 1 aliphatic rings. The Hall–Kier alpha value is -0.820. The van der Waals surface area contributed by atoms with E-state index in [1.54, 1.807) is 0 Å². The zero-order valence-corrected chi connectivity index (χ0v) is 11.0. The Morgan fingerprint density at radius 3 is 2.35 bits per heavy atom. The van der Waals surface area contributed by atoms with Crippen molar-refractivity contribution in [1.82, 2.24) is 0 Å². The Morgan fingerprint density at radius 2 is 1.88 bits per heavy atom. The van der Waals surface area contributed by atoms with Gasteiger partial charge in [0, 0.05) is 5.92 Å². The molecule has 0 saturated heterocycles. The van der Waals surface area contributed by atoms with Crippen molar-refractivity contribution in [2.24, 2.45) is 11.8 Å². The molecule has 2 rings (SSSR count). The third-order valence-corrected chi connectivity index (χ3v) is 4.44. The summed E-state index contributed by atoms with van der Waals surface area (Å²) in [5.41, 5.74) is 1.31. The van der Waals surface area contributed by atoms with Crippen molar-refractivity contribution in [3.8, 4) is 0 Å². The Labute approximate surface area is 105 Å². The standard InChI is InChI=1S/C16H24O/c1-3-12(2)15(13-8-5-4-6-9-13)16(17)14-10-7-11-14/h4-6,8-9,12,14-17H,3,7,10-11H2,1-2H3. The highest BCUT2D eigenvalue weighted by atomic mass is 16.3. The van der Waals surface area contributed by atoms with Gasteiger partial charge in [-0.2, -0.15) is 0 Å². The van der Waals surface area contributed by atoms with Crippen LogP contribution in [0.3, 0.4) is 0 Å². The Kier molecular flexibility index (Phi) is 4.22. The number of benzene rings is 1. The molecule has 0 amide bonds. The topological polar surface area (TPSA) is 20.2 Å². The zero-order valence-electron chi connectivity index (χ0n) is 11.0. The van der Waals surface area contributed by atoms with E-state index in [1.165, 1.54) is 24.8 Å². The molecule has 1 heteroatoms. The van der Waals surface area contributed by atoms with Crippen molar-refractivity contribution in [2.75, 3.05) is 0 Å². The highest BCUT2D eigenvalue weighted by Gasteiger charge is 2.34. The first-order valence-corrected chi connectivity index (χ1v) is 6.97. The van der Waals surface area contributed by atoms with Gasteiger partial charge in [0.05, 0.1) is 6.10 Å². The third kappa shape index (κ3) is 2.71. The van der Waals surface area contributed by atoms with E-state index in [0.717, 1.165) is 6.42 Å². The molecule has 0 spiro atoms. The molecule has 0 heterocycles. The van der Waals surface area contributed by atoms with Gasteiger partial charge in [-0.25, -0.2) is 0 Å². The maximum absolute atomic E-state index is 10.6. The Balaban J connectivity index is 2.18. The van der Waals surface area contributed by atoms with Gasteiger partial charge in [0.1, 0.15) is 0 Å².